The van der Waals surface area contributed by atoms with Crippen LogP contribution in [0.25, 0.3) is 0 Å². The minimum atomic E-state index is 0.394. The topological polar surface area (TPSA) is 38.4 Å². The molecule has 1 rings (SSSR count). The Labute approximate surface area is 88.0 Å². The van der Waals surface area contributed by atoms with Crippen molar-refractivity contribution in [3.63, 3.8) is 0 Å². The fourth-order valence-electron chi connectivity index (χ4n) is 2.19. The van der Waals surface area contributed by atoms with Crippen LogP contribution in [0.2, 0.25) is 0 Å². The average molecular weight is 196 g/mol. The van der Waals surface area contributed by atoms with Crippen molar-refractivity contribution in [1.82, 2.24) is 0 Å². The van der Waals surface area contributed by atoms with Crippen molar-refractivity contribution < 1.29 is 0 Å². The fourth-order valence-corrected chi connectivity index (χ4v) is 2.19. The van der Waals surface area contributed by atoms with Gasteiger partial charge in [0.15, 0.2) is 0 Å². The summed E-state index contributed by atoms with van der Waals surface area (Å²) in [7, 11) is 0. The van der Waals surface area contributed by atoms with Gasteiger partial charge in [-0.1, -0.05) is 33.6 Å². The summed E-state index contributed by atoms with van der Waals surface area (Å²) in [6.07, 6.45) is 6.70. The van der Waals surface area contributed by atoms with Crippen molar-refractivity contribution in [3.05, 3.63) is 0 Å². The molecule has 14 heavy (non-hydrogen) atoms. The van der Waals surface area contributed by atoms with E-state index >= 15 is 0 Å². The molecule has 82 valence electrons. The van der Waals surface area contributed by atoms with Crippen LogP contribution in [0.15, 0.2) is 4.99 Å². The van der Waals surface area contributed by atoms with E-state index in [1.807, 2.05) is 0 Å². The van der Waals surface area contributed by atoms with E-state index < -0.39 is 0 Å². The lowest BCUT2D eigenvalue weighted by Gasteiger charge is -2.25. The molecule has 1 saturated carbocycles. The fraction of sp³-hybridized carbons (Fsp3) is 0.917. The first kappa shape index (κ1) is 11.5. The van der Waals surface area contributed by atoms with Gasteiger partial charge in [0, 0.05) is 12.5 Å². The normalized spacial score (nSPS) is 21.9. The largest absolute Gasteiger partial charge is 0.387 e. The van der Waals surface area contributed by atoms with E-state index in [9.17, 15) is 0 Å². The predicted molar refractivity (Wildman–Crippen MR) is 62.5 cm³/mol. The van der Waals surface area contributed by atoms with Gasteiger partial charge >= 0.3 is 0 Å². The summed E-state index contributed by atoms with van der Waals surface area (Å²) >= 11 is 0. The van der Waals surface area contributed by atoms with E-state index in [-0.39, 0.29) is 0 Å². The molecule has 0 unspecified atom stereocenters. The van der Waals surface area contributed by atoms with E-state index in [2.05, 4.69) is 25.8 Å². The van der Waals surface area contributed by atoms with Gasteiger partial charge in [-0.25, -0.2) is 0 Å². The summed E-state index contributed by atoms with van der Waals surface area (Å²) in [6, 6.07) is 0. The molecular weight excluding hydrogens is 172 g/mol. The van der Waals surface area contributed by atoms with E-state index in [0.717, 1.165) is 12.4 Å². The van der Waals surface area contributed by atoms with Gasteiger partial charge < -0.3 is 5.73 Å². The summed E-state index contributed by atoms with van der Waals surface area (Å²) in [5, 5.41) is 0. The highest BCUT2D eigenvalue weighted by Crippen LogP contribution is 2.41. The molecule has 0 atom stereocenters. The summed E-state index contributed by atoms with van der Waals surface area (Å²) in [5.41, 5.74) is 6.34. The van der Waals surface area contributed by atoms with Crippen molar-refractivity contribution >= 4 is 5.84 Å². The quantitative estimate of drug-likeness (QED) is 0.545. The van der Waals surface area contributed by atoms with Gasteiger partial charge in [0.1, 0.15) is 0 Å². The predicted octanol–water partition coefficient (Wildman–Crippen LogP) is 2.97. The summed E-state index contributed by atoms with van der Waals surface area (Å²) in [6.45, 7) is 7.44. The van der Waals surface area contributed by atoms with Crippen LogP contribution >= 0.6 is 0 Å². The number of aliphatic imine (C=N–C) groups is 1. The second-order valence-electron chi connectivity index (χ2n) is 4.96. The second kappa shape index (κ2) is 4.81. The van der Waals surface area contributed by atoms with Gasteiger partial charge in [-0.05, 0) is 24.7 Å². The van der Waals surface area contributed by atoms with Gasteiger partial charge in [-0.2, -0.15) is 0 Å². The van der Waals surface area contributed by atoms with Crippen LogP contribution in [0.4, 0.5) is 0 Å². The summed E-state index contributed by atoms with van der Waals surface area (Å²) < 4.78 is 0. The van der Waals surface area contributed by atoms with Crippen LogP contribution in [0.5, 0.6) is 0 Å². The number of amidine groups is 1. The third-order valence-corrected chi connectivity index (χ3v) is 3.60. The van der Waals surface area contributed by atoms with E-state index in [0.29, 0.717) is 11.3 Å². The third-order valence-electron chi connectivity index (χ3n) is 3.60. The smallest absolute Gasteiger partial charge is 0.0963 e. The molecule has 0 radical (unpaired) electrons. The molecule has 1 aliphatic rings. The molecule has 1 fully saturated rings. The Bertz CT molecular complexity index is 200. The highest BCUT2D eigenvalue weighted by molar-refractivity contribution is 5.82. The molecule has 0 aliphatic heterocycles. The van der Waals surface area contributed by atoms with Gasteiger partial charge in [0.05, 0.1) is 5.84 Å². The first-order chi connectivity index (χ1) is 6.59. The number of rotatable bonds is 4. The Morgan fingerprint density at radius 2 is 1.93 bits per heavy atom. The summed E-state index contributed by atoms with van der Waals surface area (Å²) in [4.78, 5) is 4.54. The van der Waals surface area contributed by atoms with Crippen molar-refractivity contribution in [1.29, 1.82) is 0 Å². The van der Waals surface area contributed by atoms with Crippen LogP contribution in [0.1, 0.15) is 52.9 Å². The Morgan fingerprint density at radius 3 is 2.36 bits per heavy atom. The van der Waals surface area contributed by atoms with Crippen LogP contribution in [0.3, 0.4) is 0 Å². The van der Waals surface area contributed by atoms with Crippen LogP contribution in [-0.4, -0.2) is 12.4 Å². The molecule has 0 saturated heterocycles. The summed E-state index contributed by atoms with van der Waals surface area (Å²) in [5.74, 6) is 1.22. The maximum absolute atomic E-state index is 5.86. The van der Waals surface area contributed by atoms with E-state index in [1.165, 1.54) is 32.1 Å². The lowest BCUT2D eigenvalue weighted by Crippen LogP contribution is -2.24. The zero-order chi connectivity index (χ0) is 10.6. The molecule has 1 aliphatic carbocycles. The second-order valence-corrected chi connectivity index (χ2v) is 4.96. The maximum Gasteiger partial charge on any atom is 0.0963 e. The van der Waals surface area contributed by atoms with Crippen molar-refractivity contribution in [2.24, 2.45) is 22.1 Å². The molecule has 0 spiro atoms. The van der Waals surface area contributed by atoms with Crippen LogP contribution < -0.4 is 5.73 Å². The number of hydrogen-bond acceptors (Lipinski definition) is 1. The van der Waals surface area contributed by atoms with E-state index in [4.69, 9.17) is 5.73 Å². The number of nitrogens with two attached hydrogens (primary N) is 1. The van der Waals surface area contributed by atoms with Crippen LogP contribution in [-0.2, 0) is 0 Å². The molecule has 0 aromatic rings. The Morgan fingerprint density at radius 1 is 1.36 bits per heavy atom. The molecule has 2 N–H and O–H groups in total. The highest BCUT2D eigenvalue weighted by Gasteiger charge is 2.31. The first-order valence-corrected chi connectivity index (χ1v) is 5.89. The molecule has 2 heteroatoms. The molecule has 0 amide bonds. The standard InChI is InChI=1S/C12H24N2/c1-4-12(7-5-6-8-12)9-14-11(13)10(2)3/h10H,4-9H2,1-3H3,(H2,13,14). The monoisotopic (exact) mass is 196 g/mol. The zero-order valence-corrected chi connectivity index (χ0v) is 9.84. The molecule has 0 heterocycles. The number of hydrogen-bond donors (Lipinski definition) is 1. The van der Waals surface area contributed by atoms with Gasteiger partial charge in [-0.15, -0.1) is 0 Å². The third kappa shape index (κ3) is 2.73. The van der Waals surface area contributed by atoms with E-state index in [1.54, 1.807) is 0 Å². The highest BCUT2D eigenvalue weighted by atomic mass is 14.9. The zero-order valence-electron chi connectivity index (χ0n) is 9.84. The average Bonchev–Trinajstić information content (AvgIpc) is 2.63. The van der Waals surface area contributed by atoms with Crippen molar-refractivity contribution in [3.8, 4) is 0 Å². The Kier molecular flexibility index (Phi) is 3.97. The minimum absolute atomic E-state index is 0.394. The van der Waals surface area contributed by atoms with Gasteiger partial charge in [-0.3, -0.25) is 4.99 Å². The Hall–Kier alpha value is -0.530. The molecule has 0 aromatic heterocycles. The van der Waals surface area contributed by atoms with Gasteiger partial charge in [0.25, 0.3) is 0 Å². The van der Waals surface area contributed by atoms with Crippen molar-refractivity contribution in [2.45, 2.75) is 52.9 Å². The number of nitrogens with zero attached hydrogens (tertiary/aromatic N) is 1. The molecular formula is C12H24N2. The lowest BCUT2D eigenvalue weighted by atomic mass is 9.83. The molecule has 2 nitrogen and oxygen atoms in total. The molecule has 0 aromatic carbocycles. The minimum Gasteiger partial charge on any atom is -0.387 e. The SMILES string of the molecule is CCC1(CN=C(N)C(C)C)CCCC1. The molecule has 0 bridgehead atoms. The van der Waals surface area contributed by atoms with Crippen molar-refractivity contribution in [2.75, 3.05) is 6.54 Å². The van der Waals surface area contributed by atoms with Gasteiger partial charge in [0.2, 0.25) is 0 Å². The van der Waals surface area contributed by atoms with Crippen LogP contribution in [0, 0.1) is 11.3 Å². The maximum atomic E-state index is 5.86. The first-order valence-electron chi connectivity index (χ1n) is 5.89. The Balaban J connectivity index is 2.53. The lowest BCUT2D eigenvalue weighted by molar-refractivity contribution is 0.297.